The van der Waals surface area contributed by atoms with Gasteiger partial charge < -0.3 is 14.5 Å². The average molecular weight is 438 g/mol. The number of likely N-dealkylation sites (tertiary alicyclic amines) is 2. The Morgan fingerprint density at radius 3 is 2.52 bits per heavy atom. The monoisotopic (exact) mass is 438 g/mol. The third-order valence-corrected chi connectivity index (χ3v) is 6.95. The summed E-state index contributed by atoms with van der Waals surface area (Å²) in [6.45, 7) is 4.46. The lowest BCUT2D eigenvalue weighted by atomic mass is 9.87. The quantitative estimate of drug-likeness (QED) is 0.700. The number of ketones is 1. The second-order valence-corrected chi connectivity index (χ2v) is 9.14. The van der Waals surface area contributed by atoms with Gasteiger partial charge in [0.2, 0.25) is 0 Å². The van der Waals surface area contributed by atoms with Gasteiger partial charge in [-0.3, -0.25) is 4.79 Å². The summed E-state index contributed by atoms with van der Waals surface area (Å²) >= 11 is 0. The van der Waals surface area contributed by atoms with Gasteiger partial charge >= 0.3 is 12.2 Å². The summed E-state index contributed by atoms with van der Waals surface area (Å²) in [5, 5.41) is 0. The zero-order valence-electron chi connectivity index (χ0n) is 17.8. The van der Waals surface area contributed by atoms with Gasteiger partial charge in [0.05, 0.1) is 11.7 Å². The maximum atomic E-state index is 13.0. The largest absolute Gasteiger partial charge is 0.416 e. The number of fused-ring (bicyclic) bond motifs is 1. The van der Waals surface area contributed by atoms with E-state index in [1.165, 1.54) is 6.07 Å². The summed E-state index contributed by atoms with van der Waals surface area (Å²) in [4.78, 5) is 28.4. The zero-order chi connectivity index (χ0) is 22.2. The van der Waals surface area contributed by atoms with E-state index < -0.39 is 11.7 Å². The van der Waals surface area contributed by atoms with Gasteiger partial charge in [-0.05, 0) is 61.8 Å². The number of ether oxygens (including phenoxy) is 1. The zero-order valence-corrected chi connectivity index (χ0v) is 17.8. The van der Waals surface area contributed by atoms with Gasteiger partial charge in [0.15, 0.2) is 5.78 Å². The van der Waals surface area contributed by atoms with Crippen LogP contribution in [-0.2, 0) is 22.1 Å². The minimum Gasteiger partial charge on any atom is -0.370 e. The Morgan fingerprint density at radius 2 is 1.84 bits per heavy atom. The molecule has 0 N–H and O–H groups in total. The van der Waals surface area contributed by atoms with E-state index >= 15 is 0 Å². The minimum absolute atomic E-state index is 0.0284. The number of carbonyl (C=O) groups excluding carboxylic acids is 2. The molecule has 170 valence electrons. The first-order valence-electron chi connectivity index (χ1n) is 11.0. The molecule has 3 heterocycles. The molecule has 0 radical (unpaired) electrons. The van der Waals surface area contributed by atoms with Crippen molar-refractivity contribution in [2.45, 2.75) is 51.3 Å². The number of amides is 2. The maximum Gasteiger partial charge on any atom is 0.416 e. The molecule has 3 saturated heterocycles. The van der Waals surface area contributed by atoms with E-state index in [2.05, 4.69) is 0 Å². The smallest absolute Gasteiger partial charge is 0.370 e. The first kappa shape index (κ1) is 22.1. The van der Waals surface area contributed by atoms with Gasteiger partial charge in [-0.25, -0.2) is 4.79 Å². The number of piperidine rings is 2. The molecule has 1 aromatic rings. The van der Waals surface area contributed by atoms with Crippen molar-refractivity contribution in [3.63, 3.8) is 0 Å². The van der Waals surface area contributed by atoms with E-state index in [-0.39, 0.29) is 30.4 Å². The van der Waals surface area contributed by atoms with Crippen LogP contribution in [-0.4, -0.2) is 60.5 Å². The Hall–Kier alpha value is -2.09. The molecule has 2 amide bonds. The van der Waals surface area contributed by atoms with Crippen molar-refractivity contribution in [2.24, 2.45) is 11.8 Å². The van der Waals surface area contributed by atoms with Crippen LogP contribution in [0.2, 0.25) is 0 Å². The lowest BCUT2D eigenvalue weighted by molar-refractivity contribution is -0.140. The summed E-state index contributed by atoms with van der Waals surface area (Å²) in [7, 11) is 0. The van der Waals surface area contributed by atoms with E-state index in [1.54, 1.807) is 13.0 Å². The van der Waals surface area contributed by atoms with Crippen molar-refractivity contribution in [2.75, 3.05) is 32.8 Å². The third-order valence-electron chi connectivity index (χ3n) is 6.95. The molecule has 0 bridgehead atoms. The molecule has 4 rings (SSSR count). The van der Waals surface area contributed by atoms with Gasteiger partial charge in [-0.15, -0.1) is 0 Å². The van der Waals surface area contributed by atoms with Crippen molar-refractivity contribution in [1.29, 1.82) is 0 Å². The molecule has 2 atom stereocenters. The van der Waals surface area contributed by atoms with Gasteiger partial charge in [-0.1, -0.05) is 6.07 Å². The number of urea groups is 1. The minimum atomic E-state index is -4.32. The van der Waals surface area contributed by atoms with E-state index in [0.717, 1.165) is 37.3 Å². The normalized spacial score (nSPS) is 25.5. The summed E-state index contributed by atoms with van der Waals surface area (Å²) in [6.07, 6.45) is -0.559. The molecule has 0 saturated carbocycles. The topological polar surface area (TPSA) is 49.9 Å². The Morgan fingerprint density at radius 1 is 1.13 bits per heavy atom. The molecule has 31 heavy (non-hydrogen) atoms. The number of rotatable bonds is 2. The number of alkyl halides is 3. The summed E-state index contributed by atoms with van der Waals surface area (Å²) in [5.41, 5.74) is 1.00. The fraction of sp³-hybridized carbons (Fsp3) is 0.652. The van der Waals surface area contributed by atoms with Crippen molar-refractivity contribution >= 4 is 11.8 Å². The molecule has 0 spiro atoms. The van der Waals surface area contributed by atoms with E-state index in [0.29, 0.717) is 44.1 Å². The molecule has 5 nitrogen and oxygen atoms in total. The summed E-state index contributed by atoms with van der Waals surface area (Å²) in [5.74, 6) is 0.559. The number of aryl methyl sites for hydroxylation is 1. The van der Waals surface area contributed by atoms with Crippen molar-refractivity contribution in [3.8, 4) is 0 Å². The van der Waals surface area contributed by atoms with Crippen LogP contribution in [0.3, 0.4) is 0 Å². The Balaban J connectivity index is 1.29. The second kappa shape index (κ2) is 8.81. The second-order valence-electron chi connectivity index (χ2n) is 9.14. The Bertz CT molecular complexity index is 834. The molecular formula is C23H29F3N2O3. The number of carbonyl (C=O) groups is 2. The van der Waals surface area contributed by atoms with Crippen LogP contribution in [0.1, 0.15) is 42.4 Å². The summed E-state index contributed by atoms with van der Waals surface area (Å²) < 4.78 is 44.2. The lowest BCUT2D eigenvalue weighted by Gasteiger charge is -2.43. The fourth-order valence-electron chi connectivity index (χ4n) is 5.09. The van der Waals surface area contributed by atoms with Crippen LogP contribution in [0.4, 0.5) is 18.0 Å². The predicted molar refractivity (Wildman–Crippen MR) is 109 cm³/mol. The summed E-state index contributed by atoms with van der Waals surface area (Å²) in [6, 6.07) is 4.00. The number of hydrogen-bond acceptors (Lipinski definition) is 3. The first-order chi connectivity index (χ1) is 14.7. The van der Waals surface area contributed by atoms with Gasteiger partial charge in [0, 0.05) is 38.5 Å². The average Bonchev–Trinajstić information content (AvgIpc) is 2.74. The van der Waals surface area contributed by atoms with Gasteiger partial charge in [-0.2, -0.15) is 13.2 Å². The Kier molecular flexibility index (Phi) is 6.28. The number of hydrogen-bond donors (Lipinski definition) is 0. The van der Waals surface area contributed by atoms with Crippen molar-refractivity contribution in [3.05, 3.63) is 34.9 Å². The highest BCUT2D eigenvalue weighted by molar-refractivity contribution is 5.81. The molecule has 0 aromatic heterocycles. The Labute approximate surface area is 180 Å². The third kappa shape index (κ3) is 5.05. The van der Waals surface area contributed by atoms with E-state index in [4.69, 9.17) is 4.74 Å². The van der Waals surface area contributed by atoms with E-state index in [1.807, 2.05) is 9.80 Å². The highest BCUT2D eigenvalue weighted by atomic mass is 19.4. The van der Waals surface area contributed by atoms with Crippen LogP contribution in [0.25, 0.3) is 0 Å². The SMILES string of the molecule is Cc1cc(C(F)(F)F)ccc1CC1CCN(C(=O)N2CC[C@@H]3OCC(=O)C[C@@H]3C2)CC1. The molecule has 1 aromatic carbocycles. The molecule has 0 unspecified atom stereocenters. The number of halogens is 3. The number of nitrogens with zero attached hydrogens (tertiary/aromatic N) is 2. The molecule has 3 aliphatic heterocycles. The first-order valence-corrected chi connectivity index (χ1v) is 11.0. The van der Waals surface area contributed by atoms with Crippen LogP contribution in [0.15, 0.2) is 18.2 Å². The van der Waals surface area contributed by atoms with Crippen LogP contribution in [0, 0.1) is 18.8 Å². The predicted octanol–water partition coefficient (Wildman–Crippen LogP) is 4.07. The lowest BCUT2D eigenvalue weighted by Crippen LogP contribution is -2.54. The van der Waals surface area contributed by atoms with Crippen LogP contribution < -0.4 is 0 Å². The highest BCUT2D eigenvalue weighted by Crippen LogP contribution is 2.32. The van der Waals surface area contributed by atoms with Gasteiger partial charge in [0.1, 0.15) is 6.61 Å². The van der Waals surface area contributed by atoms with Crippen LogP contribution >= 0.6 is 0 Å². The molecular weight excluding hydrogens is 409 g/mol. The molecule has 8 heteroatoms. The van der Waals surface area contributed by atoms with Crippen molar-refractivity contribution < 1.29 is 27.5 Å². The van der Waals surface area contributed by atoms with Gasteiger partial charge in [0.25, 0.3) is 0 Å². The standard InChI is InChI=1S/C23H29F3N2O3/c1-15-10-19(23(24,25)26)3-2-17(15)11-16-4-7-27(8-5-16)22(30)28-9-6-21-18(13-28)12-20(29)14-31-21/h2-3,10,16,18,21H,4-9,11-14H2,1H3/t18-,21+/m1/s1. The number of Topliss-reactive ketones (excluding diaryl/α,β-unsaturated/α-hetero) is 1. The maximum absolute atomic E-state index is 13.0. The molecule has 3 aliphatic rings. The molecule has 0 aliphatic carbocycles. The van der Waals surface area contributed by atoms with Crippen LogP contribution in [0.5, 0.6) is 0 Å². The highest BCUT2D eigenvalue weighted by Gasteiger charge is 2.38. The number of benzene rings is 1. The molecule has 3 fully saturated rings. The van der Waals surface area contributed by atoms with Crippen molar-refractivity contribution in [1.82, 2.24) is 9.80 Å². The fourth-order valence-corrected chi connectivity index (χ4v) is 5.09. The van der Waals surface area contributed by atoms with E-state index in [9.17, 15) is 22.8 Å².